The highest BCUT2D eigenvalue weighted by molar-refractivity contribution is 7.99. The Labute approximate surface area is 157 Å². The highest BCUT2D eigenvalue weighted by atomic mass is 35.5. The fraction of sp³-hybridized carbons (Fsp3) is 0.0556. The van der Waals surface area contributed by atoms with Gasteiger partial charge in [-0.15, -0.1) is 16.4 Å². The van der Waals surface area contributed by atoms with E-state index >= 15 is 0 Å². The first-order valence-corrected chi connectivity index (χ1v) is 9.71. The lowest BCUT2D eigenvalue weighted by molar-refractivity contribution is 0.102. The van der Waals surface area contributed by atoms with Crippen molar-refractivity contribution in [2.24, 2.45) is 0 Å². The van der Waals surface area contributed by atoms with E-state index in [4.69, 9.17) is 11.6 Å². The van der Waals surface area contributed by atoms with Gasteiger partial charge < -0.3 is 0 Å². The molecule has 0 amide bonds. The number of ketones is 1. The number of hydrogen-bond acceptors (Lipinski definition) is 5. The quantitative estimate of drug-likeness (QED) is 0.373. The van der Waals surface area contributed by atoms with Crippen molar-refractivity contribution in [3.05, 3.63) is 65.2 Å². The molecule has 4 rings (SSSR count). The lowest BCUT2D eigenvalue weighted by atomic mass is 10.2. The van der Waals surface area contributed by atoms with Gasteiger partial charge in [-0.3, -0.25) is 9.89 Å². The molecule has 2 aromatic carbocycles. The van der Waals surface area contributed by atoms with E-state index in [1.807, 2.05) is 54.6 Å². The molecule has 0 atom stereocenters. The SMILES string of the molecule is O=C(CSc1n[nH]c(-c2sc3ccccc3c2Cl)n1)c1ccccc1. The van der Waals surface area contributed by atoms with Gasteiger partial charge in [0.2, 0.25) is 5.16 Å². The molecule has 0 radical (unpaired) electrons. The molecule has 4 aromatic rings. The molecule has 25 heavy (non-hydrogen) atoms. The zero-order chi connectivity index (χ0) is 17.2. The first-order chi connectivity index (χ1) is 12.2. The Morgan fingerprint density at radius 3 is 2.68 bits per heavy atom. The maximum Gasteiger partial charge on any atom is 0.209 e. The molecule has 0 fully saturated rings. The van der Waals surface area contributed by atoms with Crippen molar-refractivity contribution in [2.75, 3.05) is 5.75 Å². The number of thioether (sulfide) groups is 1. The molecule has 0 spiro atoms. The number of H-pyrrole nitrogens is 1. The number of rotatable bonds is 5. The number of fused-ring (bicyclic) bond motifs is 1. The molecule has 0 saturated carbocycles. The van der Waals surface area contributed by atoms with Crippen molar-refractivity contribution < 1.29 is 4.79 Å². The van der Waals surface area contributed by atoms with E-state index in [0.717, 1.165) is 15.0 Å². The van der Waals surface area contributed by atoms with Crippen LogP contribution in [0.4, 0.5) is 0 Å². The third-order valence-corrected chi connectivity index (χ3v) is 6.17. The number of hydrogen-bond donors (Lipinski definition) is 1. The average molecular weight is 386 g/mol. The van der Waals surface area contributed by atoms with Crippen LogP contribution >= 0.6 is 34.7 Å². The fourth-order valence-corrected chi connectivity index (χ4v) is 4.57. The Morgan fingerprint density at radius 1 is 1.12 bits per heavy atom. The van der Waals surface area contributed by atoms with Crippen LogP contribution in [0.5, 0.6) is 0 Å². The predicted molar refractivity (Wildman–Crippen MR) is 104 cm³/mol. The van der Waals surface area contributed by atoms with Crippen molar-refractivity contribution in [2.45, 2.75) is 5.16 Å². The first-order valence-electron chi connectivity index (χ1n) is 7.53. The van der Waals surface area contributed by atoms with E-state index in [-0.39, 0.29) is 5.78 Å². The van der Waals surface area contributed by atoms with Crippen molar-refractivity contribution in [1.29, 1.82) is 0 Å². The standard InChI is InChI=1S/C18H12ClN3OS2/c19-15-12-8-4-5-9-14(12)25-16(15)17-20-18(22-21-17)24-10-13(23)11-6-2-1-3-7-11/h1-9H,10H2,(H,20,21,22). The lowest BCUT2D eigenvalue weighted by Gasteiger charge is -1.97. The second kappa shape index (κ2) is 7.00. The normalized spacial score (nSPS) is 11.1. The van der Waals surface area contributed by atoms with Gasteiger partial charge >= 0.3 is 0 Å². The second-order valence-electron chi connectivity index (χ2n) is 5.29. The number of carbonyl (C=O) groups is 1. The van der Waals surface area contributed by atoms with Crippen molar-refractivity contribution in [3.8, 4) is 10.7 Å². The van der Waals surface area contributed by atoms with Crippen LogP contribution in [0.25, 0.3) is 20.8 Å². The molecule has 1 N–H and O–H groups in total. The molecule has 0 saturated heterocycles. The maximum atomic E-state index is 12.2. The largest absolute Gasteiger partial charge is 0.293 e. The number of carbonyl (C=O) groups excluding carboxylic acids is 1. The third kappa shape index (κ3) is 3.33. The summed E-state index contributed by atoms with van der Waals surface area (Å²) in [5.74, 6) is 0.972. The minimum Gasteiger partial charge on any atom is -0.293 e. The molecular formula is C18H12ClN3OS2. The van der Waals surface area contributed by atoms with Gasteiger partial charge in [0.05, 0.1) is 15.7 Å². The molecule has 2 aromatic heterocycles. The van der Waals surface area contributed by atoms with E-state index in [0.29, 0.717) is 27.3 Å². The highest BCUT2D eigenvalue weighted by Gasteiger charge is 2.16. The summed E-state index contributed by atoms with van der Waals surface area (Å²) in [4.78, 5) is 17.5. The van der Waals surface area contributed by atoms with Gasteiger partial charge in [-0.2, -0.15) is 0 Å². The fourth-order valence-electron chi connectivity index (χ4n) is 2.42. The monoisotopic (exact) mass is 385 g/mol. The summed E-state index contributed by atoms with van der Waals surface area (Å²) < 4.78 is 1.10. The molecule has 0 aliphatic rings. The van der Waals surface area contributed by atoms with Gasteiger partial charge in [0.15, 0.2) is 11.6 Å². The summed E-state index contributed by atoms with van der Waals surface area (Å²) in [7, 11) is 0. The Hall–Kier alpha value is -2.15. The van der Waals surface area contributed by atoms with Crippen LogP contribution in [0.15, 0.2) is 59.8 Å². The predicted octanol–water partition coefficient (Wildman–Crippen LogP) is 5.31. The molecule has 0 aliphatic carbocycles. The minimum atomic E-state index is 0.0526. The number of nitrogens with zero attached hydrogens (tertiary/aromatic N) is 2. The van der Waals surface area contributed by atoms with Crippen LogP contribution < -0.4 is 0 Å². The van der Waals surface area contributed by atoms with Crippen molar-refractivity contribution >= 4 is 50.6 Å². The minimum absolute atomic E-state index is 0.0526. The maximum absolute atomic E-state index is 12.2. The molecule has 2 heterocycles. The molecular weight excluding hydrogens is 374 g/mol. The van der Waals surface area contributed by atoms with Gasteiger partial charge in [0.1, 0.15) is 0 Å². The summed E-state index contributed by atoms with van der Waals surface area (Å²) >= 11 is 9.35. The second-order valence-corrected chi connectivity index (χ2v) is 7.66. The van der Waals surface area contributed by atoms with Gasteiger partial charge in [-0.1, -0.05) is 71.9 Å². The van der Waals surface area contributed by atoms with Crippen LogP contribution in [0.3, 0.4) is 0 Å². The van der Waals surface area contributed by atoms with Crippen molar-refractivity contribution in [3.63, 3.8) is 0 Å². The zero-order valence-corrected chi connectivity index (χ0v) is 15.3. The van der Waals surface area contributed by atoms with E-state index in [1.165, 1.54) is 11.8 Å². The third-order valence-electron chi connectivity index (χ3n) is 3.64. The molecule has 124 valence electrons. The van der Waals surface area contributed by atoms with Gasteiger partial charge in [0.25, 0.3) is 0 Å². The number of halogens is 1. The Bertz CT molecular complexity index is 1040. The summed E-state index contributed by atoms with van der Waals surface area (Å²) in [5, 5.41) is 9.33. The number of thiophene rings is 1. The van der Waals surface area contributed by atoms with Gasteiger partial charge in [-0.05, 0) is 6.07 Å². The zero-order valence-electron chi connectivity index (χ0n) is 12.9. The van der Waals surface area contributed by atoms with Gasteiger partial charge in [0, 0.05) is 15.6 Å². The molecule has 7 heteroatoms. The number of benzene rings is 2. The van der Waals surface area contributed by atoms with Gasteiger partial charge in [-0.25, -0.2) is 4.98 Å². The smallest absolute Gasteiger partial charge is 0.209 e. The molecule has 0 bridgehead atoms. The van der Waals surface area contributed by atoms with Crippen LogP contribution in [-0.4, -0.2) is 26.7 Å². The summed E-state index contributed by atoms with van der Waals surface area (Å²) in [6, 6.07) is 17.2. The van der Waals surface area contributed by atoms with E-state index in [1.54, 1.807) is 11.3 Å². The van der Waals surface area contributed by atoms with Crippen LogP contribution in [0.2, 0.25) is 5.02 Å². The van der Waals surface area contributed by atoms with E-state index < -0.39 is 0 Å². The van der Waals surface area contributed by atoms with Crippen LogP contribution in [-0.2, 0) is 0 Å². The number of aromatic nitrogens is 3. The van der Waals surface area contributed by atoms with Crippen molar-refractivity contribution in [1.82, 2.24) is 15.2 Å². The van der Waals surface area contributed by atoms with Crippen LogP contribution in [0.1, 0.15) is 10.4 Å². The molecule has 0 aliphatic heterocycles. The molecule has 0 unspecified atom stereocenters. The Balaban J connectivity index is 1.52. The lowest BCUT2D eigenvalue weighted by Crippen LogP contribution is -2.01. The summed E-state index contributed by atoms with van der Waals surface area (Å²) in [5.41, 5.74) is 0.693. The molecule has 4 nitrogen and oxygen atoms in total. The first kappa shape index (κ1) is 16.3. The number of nitrogens with one attached hydrogen (secondary N) is 1. The summed E-state index contributed by atoms with van der Waals surface area (Å²) in [6.07, 6.45) is 0. The van der Waals surface area contributed by atoms with E-state index in [9.17, 15) is 4.79 Å². The highest BCUT2D eigenvalue weighted by Crippen LogP contribution is 2.40. The topological polar surface area (TPSA) is 58.6 Å². The Morgan fingerprint density at radius 2 is 1.88 bits per heavy atom. The van der Waals surface area contributed by atoms with Crippen LogP contribution in [0, 0.1) is 0 Å². The summed E-state index contributed by atoms with van der Waals surface area (Å²) in [6.45, 7) is 0. The Kier molecular flexibility index (Phi) is 4.57. The van der Waals surface area contributed by atoms with E-state index in [2.05, 4.69) is 15.2 Å². The number of Topliss-reactive ketones (excluding diaryl/α,β-unsaturated/α-hetero) is 1. The average Bonchev–Trinajstić information content (AvgIpc) is 3.25. The number of aromatic amines is 1.